The Balaban J connectivity index is 2.05. The van der Waals surface area contributed by atoms with Crippen molar-refractivity contribution in [1.82, 2.24) is 9.78 Å². The molecule has 6 nitrogen and oxygen atoms in total. The van der Waals surface area contributed by atoms with Crippen LogP contribution < -0.4 is 5.73 Å². The van der Waals surface area contributed by atoms with Gasteiger partial charge in [0.05, 0.1) is 11.6 Å². The van der Waals surface area contributed by atoms with E-state index in [2.05, 4.69) is 10.1 Å². The molecule has 2 atom stereocenters. The van der Waals surface area contributed by atoms with Crippen LogP contribution >= 0.6 is 11.6 Å². The summed E-state index contributed by atoms with van der Waals surface area (Å²) in [4.78, 5) is 16.9. The van der Waals surface area contributed by atoms with Gasteiger partial charge in [-0.2, -0.15) is 5.10 Å². The van der Waals surface area contributed by atoms with Crippen molar-refractivity contribution in [3.63, 3.8) is 0 Å². The maximum absolute atomic E-state index is 15.7. The molecule has 0 bridgehead atoms. The highest BCUT2D eigenvalue weighted by atomic mass is 35.5. The van der Waals surface area contributed by atoms with Gasteiger partial charge in [-0.05, 0) is 31.0 Å². The summed E-state index contributed by atoms with van der Waals surface area (Å²) in [6, 6.07) is 4.16. The van der Waals surface area contributed by atoms with Crippen LogP contribution in [0.5, 0.6) is 0 Å². The Hall–Kier alpha value is -2.32. The second-order valence-electron chi connectivity index (χ2n) is 7.42. The van der Waals surface area contributed by atoms with Crippen molar-refractivity contribution in [2.45, 2.75) is 37.9 Å². The van der Waals surface area contributed by atoms with E-state index in [0.29, 0.717) is 5.56 Å². The molecule has 1 unspecified atom stereocenters. The SMILES string of the molecule is CC[C@]1(c2cc(CC(=O)c3nn(C)cc3Cl)ccc2F)N=C(N)COCC1(C)F. The summed E-state index contributed by atoms with van der Waals surface area (Å²) in [5.74, 6) is -0.857. The first-order valence-corrected chi connectivity index (χ1v) is 9.59. The van der Waals surface area contributed by atoms with E-state index in [4.69, 9.17) is 22.1 Å². The van der Waals surface area contributed by atoms with Crippen molar-refractivity contribution in [1.29, 1.82) is 0 Å². The van der Waals surface area contributed by atoms with Gasteiger partial charge in [0.1, 0.15) is 29.5 Å². The number of carbonyl (C=O) groups excluding carboxylic acids is 1. The van der Waals surface area contributed by atoms with Gasteiger partial charge in [-0.1, -0.05) is 24.6 Å². The van der Waals surface area contributed by atoms with Crippen molar-refractivity contribution < 1.29 is 18.3 Å². The fourth-order valence-corrected chi connectivity index (χ4v) is 4.04. The van der Waals surface area contributed by atoms with E-state index in [-0.39, 0.29) is 54.0 Å². The first-order valence-electron chi connectivity index (χ1n) is 9.21. The molecule has 156 valence electrons. The van der Waals surface area contributed by atoms with Gasteiger partial charge in [0.2, 0.25) is 0 Å². The molecule has 2 N–H and O–H groups in total. The zero-order valence-corrected chi connectivity index (χ0v) is 17.3. The topological polar surface area (TPSA) is 82.5 Å². The Morgan fingerprint density at radius 1 is 1.45 bits per heavy atom. The molecule has 9 heteroatoms. The molecule has 1 aliphatic heterocycles. The molecule has 0 radical (unpaired) electrons. The number of carbonyl (C=O) groups is 1. The molecule has 0 fully saturated rings. The van der Waals surface area contributed by atoms with Crippen LogP contribution in [0.1, 0.15) is 41.9 Å². The molecule has 0 saturated heterocycles. The smallest absolute Gasteiger partial charge is 0.188 e. The minimum Gasteiger partial charge on any atom is -0.386 e. The van der Waals surface area contributed by atoms with Gasteiger partial charge in [0.15, 0.2) is 11.5 Å². The van der Waals surface area contributed by atoms with Gasteiger partial charge in [-0.25, -0.2) is 8.78 Å². The number of alkyl halides is 1. The number of aryl methyl sites for hydroxylation is 1. The third kappa shape index (κ3) is 3.91. The highest BCUT2D eigenvalue weighted by Gasteiger charge is 2.52. The average Bonchev–Trinajstić information content (AvgIpc) is 2.93. The van der Waals surface area contributed by atoms with Crippen molar-refractivity contribution in [2.24, 2.45) is 17.8 Å². The largest absolute Gasteiger partial charge is 0.386 e. The standard InChI is InChI=1S/C20H23ClF2N4O2/c1-4-20(19(2,23)11-29-10-17(24)25-20)13-7-12(5-6-15(13)22)8-16(28)18-14(21)9-27(3)26-18/h5-7,9H,4,8,10-11H2,1-3H3,(H2,24,25)/t19?,20-/m1/s1. The molecule has 2 heterocycles. The molecular formula is C20H23ClF2N4O2. The maximum Gasteiger partial charge on any atom is 0.188 e. The summed E-state index contributed by atoms with van der Waals surface area (Å²) < 4.78 is 37.2. The Morgan fingerprint density at radius 2 is 2.17 bits per heavy atom. The predicted molar refractivity (Wildman–Crippen MR) is 107 cm³/mol. The number of ether oxygens (including phenoxy) is 1. The number of rotatable bonds is 5. The minimum atomic E-state index is -2.00. The van der Waals surface area contributed by atoms with E-state index in [0.717, 1.165) is 0 Å². The third-order valence-electron chi connectivity index (χ3n) is 5.22. The molecule has 29 heavy (non-hydrogen) atoms. The summed E-state index contributed by atoms with van der Waals surface area (Å²) >= 11 is 6.04. The number of Topliss-reactive ketones (excluding diaryl/α,β-unsaturated/α-hetero) is 1. The highest BCUT2D eigenvalue weighted by Crippen LogP contribution is 2.45. The summed E-state index contributed by atoms with van der Waals surface area (Å²) in [6.45, 7) is 2.73. The highest BCUT2D eigenvalue weighted by molar-refractivity contribution is 6.33. The fourth-order valence-electron chi connectivity index (χ4n) is 3.76. The molecule has 0 aliphatic carbocycles. The van der Waals surface area contributed by atoms with Crippen molar-refractivity contribution >= 4 is 23.2 Å². The predicted octanol–water partition coefficient (Wildman–Crippen LogP) is 3.36. The van der Waals surface area contributed by atoms with Crippen LogP contribution in [0.2, 0.25) is 5.02 Å². The molecule has 1 aromatic carbocycles. The Morgan fingerprint density at radius 3 is 2.79 bits per heavy atom. The molecule has 3 rings (SSSR count). The summed E-state index contributed by atoms with van der Waals surface area (Å²) in [7, 11) is 1.66. The van der Waals surface area contributed by atoms with Crippen molar-refractivity contribution in [3.05, 3.63) is 52.1 Å². The third-order valence-corrected chi connectivity index (χ3v) is 5.50. The molecule has 0 amide bonds. The van der Waals surface area contributed by atoms with E-state index in [1.54, 1.807) is 14.0 Å². The number of aliphatic imine (C=N–C) groups is 1. The molecule has 2 aromatic rings. The Kier molecular flexibility index (Phi) is 5.78. The van der Waals surface area contributed by atoms with E-state index in [1.807, 2.05) is 0 Å². The molecule has 1 aromatic heterocycles. The second-order valence-corrected chi connectivity index (χ2v) is 7.83. The van der Waals surface area contributed by atoms with Crippen LogP contribution in [0.3, 0.4) is 0 Å². The van der Waals surface area contributed by atoms with Crippen molar-refractivity contribution in [2.75, 3.05) is 13.2 Å². The van der Waals surface area contributed by atoms with E-state index >= 15 is 4.39 Å². The normalized spacial score (nSPS) is 24.8. The number of ketones is 1. The van der Waals surface area contributed by atoms with Gasteiger partial charge >= 0.3 is 0 Å². The molecular weight excluding hydrogens is 402 g/mol. The first-order chi connectivity index (χ1) is 13.6. The van der Waals surface area contributed by atoms with Crippen LogP contribution in [0, 0.1) is 5.82 Å². The maximum atomic E-state index is 15.7. The van der Waals surface area contributed by atoms with Crippen LogP contribution in [-0.4, -0.2) is 40.3 Å². The zero-order valence-electron chi connectivity index (χ0n) is 16.5. The number of nitrogens with zero attached hydrogens (tertiary/aromatic N) is 3. The number of nitrogens with two attached hydrogens (primary N) is 1. The fraction of sp³-hybridized carbons (Fsp3) is 0.450. The summed E-state index contributed by atoms with van der Waals surface area (Å²) in [5.41, 5.74) is 2.96. The Labute approximate surface area is 172 Å². The minimum absolute atomic E-state index is 0.0285. The lowest BCUT2D eigenvalue weighted by Crippen LogP contribution is -2.48. The number of amidine groups is 1. The van der Waals surface area contributed by atoms with Gasteiger partial charge < -0.3 is 10.5 Å². The zero-order chi connectivity index (χ0) is 21.4. The number of halogens is 3. The van der Waals surface area contributed by atoms with E-state index in [1.165, 1.54) is 36.0 Å². The van der Waals surface area contributed by atoms with Crippen LogP contribution in [0.4, 0.5) is 8.78 Å². The Bertz CT molecular complexity index is 973. The molecule has 0 spiro atoms. The quantitative estimate of drug-likeness (QED) is 0.746. The molecule has 0 saturated carbocycles. The lowest BCUT2D eigenvalue weighted by atomic mass is 9.74. The van der Waals surface area contributed by atoms with E-state index < -0.39 is 17.0 Å². The average molecular weight is 425 g/mol. The molecule has 1 aliphatic rings. The number of hydrogen-bond donors (Lipinski definition) is 1. The summed E-state index contributed by atoms with van der Waals surface area (Å²) in [6.07, 6.45) is 1.61. The van der Waals surface area contributed by atoms with Gasteiger partial charge in [0.25, 0.3) is 0 Å². The first kappa shape index (κ1) is 21.4. The second kappa shape index (κ2) is 7.84. The van der Waals surface area contributed by atoms with Gasteiger partial charge in [-0.3, -0.25) is 14.5 Å². The van der Waals surface area contributed by atoms with E-state index in [9.17, 15) is 9.18 Å². The van der Waals surface area contributed by atoms with Crippen LogP contribution in [-0.2, 0) is 23.7 Å². The summed E-state index contributed by atoms with van der Waals surface area (Å²) in [5, 5.41) is 4.29. The number of aromatic nitrogens is 2. The van der Waals surface area contributed by atoms with Crippen LogP contribution in [0.25, 0.3) is 0 Å². The number of benzene rings is 1. The van der Waals surface area contributed by atoms with Crippen molar-refractivity contribution in [3.8, 4) is 0 Å². The van der Waals surface area contributed by atoms with Gasteiger partial charge in [0, 0.05) is 25.2 Å². The monoisotopic (exact) mass is 424 g/mol. The lowest BCUT2D eigenvalue weighted by Gasteiger charge is -2.39. The van der Waals surface area contributed by atoms with Gasteiger partial charge in [-0.15, -0.1) is 0 Å². The number of hydrogen-bond acceptors (Lipinski definition) is 5. The lowest BCUT2D eigenvalue weighted by molar-refractivity contribution is -0.00941. The van der Waals surface area contributed by atoms with Crippen LogP contribution in [0.15, 0.2) is 29.4 Å².